The van der Waals surface area contributed by atoms with Crippen LogP contribution >= 0.6 is 11.3 Å². The number of pyridine rings is 1. The van der Waals surface area contributed by atoms with E-state index >= 15 is 0 Å². The van der Waals surface area contributed by atoms with E-state index in [0.29, 0.717) is 12.5 Å². The molecule has 1 aromatic carbocycles. The largest absolute Gasteiger partial charge is 0.369 e. The van der Waals surface area contributed by atoms with Gasteiger partial charge in [-0.25, -0.2) is 9.97 Å². The van der Waals surface area contributed by atoms with Crippen molar-refractivity contribution >= 4 is 39.2 Å². The third-order valence-electron chi connectivity index (χ3n) is 3.47. The van der Waals surface area contributed by atoms with Crippen LogP contribution in [0.3, 0.4) is 0 Å². The van der Waals surface area contributed by atoms with Crippen molar-refractivity contribution in [2.75, 3.05) is 5.73 Å². The fraction of sp³-hybridized carbons (Fsp3) is 0.133. The Labute approximate surface area is 125 Å². The molecule has 4 aromatic rings. The van der Waals surface area contributed by atoms with Crippen molar-refractivity contribution in [1.29, 1.82) is 0 Å². The zero-order valence-corrected chi connectivity index (χ0v) is 12.3. The summed E-state index contributed by atoms with van der Waals surface area (Å²) in [4.78, 5) is 14.5. The number of fused-ring (bicyclic) bond motifs is 3. The number of anilines is 1. The van der Waals surface area contributed by atoms with E-state index in [1.165, 1.54) is 4.88 Å². The Bertz CT molecular complexity index is 953. The number of hydrogen-bond acceptors (Lipinski definition) is 5. The number of aryl methyl sites for hydroxylation is 1. The number of para-hydroxylation sites is 1. The molecule has 0 atom stereocenters. The number of nitrogens with zero attached hydrogens (tertiary/aromatic N) is 4. The third-order valence-corrected chi connectivity index (χ3v) is 4.37. The van der Waals surface area contributed by atoms with Gasteiger partial charge >= 0.3 is 0 Å². The van der Waals surface area contributed by atoms with E-state index in [-0.39, 0.29) is 0 Å². The number of aromatic nitrogens is 4. The lowest BCUT2D eigenvalue weighted by atomic mass is 10.2. The Balaban J connectivity index is 1.98. The Morgan fingerprint density at radius 1 is 1.14 bits per heavy atom. The molecule has 3 aromatic heterocycles. The molecule has 0 saturated heterocycles. The average Bonchev–Trinajstić information content (AvgIpc) is 3.03. The quantitative estimate of drug-likeness (QED) is 0.617. The molecule has 0 saturated carbocycles. The van der Waals surface area contributed by atoms with Crippen molar-refractivity contribution in [1.82, 2.24) is 19.5 Å². The minimum Gasteiger partial charge on any atom is -0.369 e. The van der Waals surface area contributed by atoms with Gasteiger partial charge in [0.05, 0.1) is 23.8 Å². The summed E-state index contributed by atoms with van der Waals surface area (Å²) < 4.78 is 2.01. The van der Waals surface area contributed by atoms with Crippen LogP contribution in [0.4, 0.5) is 5.95 Å². The van der Waals surface area contributed by atoms with Gasteiger partial charge in [-0.15, -0.1) is 11.3 Å². The highest BCUT2D eigenvalue weighted by Crippen LogP contribution is 2.27. The molecule has 3 heterocycles. The van der Waals surface area contributed by atoms with Crippen LogP contribution in [0.5, 0.6) is 0 Å². The molecule has 21 heavy (non-hydrogen) atoms. The fourth-order valence-electron chi connectivity index (χ4n) is 2.55. The maximum absolute atomic E-state index is 6.10. The predicted octanol–water partition coefficient (Wildman–Crippen LogP) is 2.98. The van der Waals surface area contributed by atoms with Crippen LogP contribution in [0, 0.1) is 6.92 Å². The first-order chi connectivity index (χ1) is 10.2. The topological polar surface area (TPSA) is 69.6 Å². The van der Waals surface area contributed by atoms with Gasteiger partial charge in [0, 0.05) is 16.5 Å². The van der Waals surface area contributed by atoms with Crippen LogP contribution in [0.2, 0.25) is 0 Å². The van der Waals surface area contributed by atoms with Crippen LogP contribution in [0.1, 0.15) is 9.88 Å². The smallest absolute Gasteiger partial charge is 0.201 e. The highest BCUT2D eigenvalue weighted by atomic mass is 32.1. The second-order valence-electron chi connectivity index (χ2n) is 4.93. The number of hydrogen-bond donors (Lipinski definition) is 1. The van der Waals surface area contributed by atoms with Crippen LogP contribution in [-0.4, -0.2) is 19.5 Å². The number of rotatable bonds is 2. The zero-order chi connectivity index (χ0) is 14.4. The summed E-state index contributed by atoms with van der Waals surface area (Å²) >= 11 is 1.68. The third kappa shape index (κ3) is 1.95. The molecule has 4 rings (SSSR count). The lowest BCUT2D eigenvalue weighted by Gasteiger charge is -2.06. The molecule has 0 aliphatic heterocycles. The summed E-state index contributed by atoms with van der Waals surface area (Å²) in [6.07, 6.45) is 3.66. The molecule has 0 unspecified atom stereocenters. The van der Waals surface area contributed by atoms with Gasteiger partial charge in [0.1, 0.15) is 10.5 Å². The number of nitrogens with two attached hydrogens (primary N) is 1. The van der Waals surface area contributed by atoms with Crippen molar-refractivity contribution in [2.45, 2.75) is 13.5 Å². The minimum atomic E-state index is 0.496. The SMILES string of the molecule is Cc1cnc(Cn2c(N)nc3cnc4ccccc4c32)s1. The first-order valence-electron chi connectivity index (χ1n) is 6.63. The monoisotopic (exact) mass is 295 g/mol. The van der Waals surface area contributed by atoms with Gasteiger partial charge in [-0.05, 0) is 13.0 Å². The second kappa shape index (κ2) is 4.53. The number of nitrogen functional groups attached to an aromatic ring is 1. The summed E-state index contributed by atoms with van der Waals surface area (Å²) in [5.74, 6) is 0.496. The van der Waals surface area contributed by atoms with Crippen molar-refractivity contribution in [3.8, 4) is 0 Å². The molecule has 0 bridgehead atoms. The van der Waals surface area contributed by atoms with E-state index in [0.717, 1.165) is 26.9 Å². The maximum atomic E-state index is 6.10. The van der Waals surface area contributed by atoms with Gasteiger partial charge in [-0.2, -0.15) is 0 Å². The van der Waals surface area contributed by atoms with E-state index in [2.05, 4.69) is 27.9 Å². The van der Waals surface area contributed by atoms with Gasteiger partial charge in [-0.3, -0.25) is 4.98 Å². The molecule has 0 aliphatic rings. The summed E-state index contributed by atoms with van der Waals surface area (Å²) in [5.41, 5.74) is 8.88. The normalized spacial score (nSPS) is 11.5. The van der Waals surface area contributed by atoms with E-state index in [4.69, 9.17) is 5.73 Å². The number of benzene rings is 1. The molecule has 0 radical (unpaired) electrons. The first-order valence-corrected chi connectivity index (χ1v) is 7.45. The van der Waals surface area contributed by atoms with Gasteiger partial charge in [0.15, 0.2) is 0 Å². The van der Waals surface area contributed by atoms with Crippen LogP contribution < -0.4 is 5.73 Å². The predicted molar refractivity (Wildman–Crippen MR) is 85.4 cm³/mol. The Morgan fingerprint density at radius 3 is 2.81 bits per heavy atom. The minimum absolute atomic E-state index is 0.496. The van der Waals surface area contributed by atoms with Crippen LogP contribution in [0.25, 0.3) is 21.9 Å². The Hall–Kier alpha value is -2.47. The summed E-state index contributed by atoms with van der Waals surface area (Å²) in [7, 11) is 0. The van der Waals surface area contributed by atoms with E-state index in [9.17, 15) is 0 Å². The molecule has 0 fully saturated rings. The molecule has 0 amide bonds. The first kappa shape index (κ1) is 12.3. The number of imidazole rings is 1. The molecule has 6 heteroatoms. The van der Waals surface area contributed by atoms with E-state index in [1.807, 2.05) is 29.0 Å². The van der Waals surface area contributed by atoms with Crippen molar-refractivity contribution in [3.05, 3.63) is 46.5 Å². The second-order valence-corrected chi connectivity index (χ2v) is 6.25. The maximum Gasteiger partial charge on any atom is 0.201 e. The molecule has 0 spiro atoms. The lowest BCUT2D eigenvalue weighted by molar-refractivity contribution is 0.831. The molecule has 5 nitrogen and oxygen atoms in total. The zero-order valence-electron chi connectivity index (χ0n) is 11.4. The number of thiazole rings is 1. The molecular weight excluding hydrogens is 282 g/mol. The molecule has 104 valence electrons. The van der Waals surface area contributed by atoms with Gasteiger partial charge < -0.3 is 10.3 Å². The molecule has 0 aliphatic carbocycles. The summed E-state index contributed by atoms with van der Waals surface area (Å²) in [6.45, 7) is 2.69. The van der Waals surface area contributed by atoms with Gasteiger partial charge in [0.25, 0.3) is 0 Å². The van der Waals surface area contributed by atoms with Gasteiger partial charge in [0.2, 0.25) is 5.95 Å². The van der Waals surface area contributed by atoms with Crippen molar-refractivity contribution < 1.29 is 0 Å². The summed E-state index contributed by atoms with van der Waals surface area (Å²) in [6, 6.07) is 8.03. The fourth-order valence-corrected chi connectivity index (χ4v) is 3.33. The van der Waals surface area contributed by atoms with Crippen molar-refractivity contribution in [2.24, 2.45) is 0 Å². The Kier molecular flexibility index (Phi) is 2.65. The van der Waals surface area contributed by atoms with Gasteiger partial charge in [-0.1, -0.05) is 18.2 Å². The van der Waals surface area contributed by atoms with E-state index < -0.39 is 0 Å². The standard InChI is InChI=1S/C15H13N5S/c1-9-6-18-13(21-9)8-20-14-10-4-2-3-5-11(10)17-7-12(14)19-15(20)16/h2-7H,8H2,1H3,(H2,16,19). The van der Waals surface area contributed by atoms with Crippen LogP contribution in [0.15, 0.2) is 36.7 Å². The van der Waals surface area contributed by atoms with Crippen LogP contribution in [-0.2, 0) is 6.54 Å². The van der Waals surface area contributed by atoms with Crippen molar-refractivity contribution in [3.63, 3.8) is 0 Å². The Morgan fingerprint density at radius 2 is 2.00 bits per heavy atom. The average molecular weight is 295 g/mol. The molecular formula is C15H13N5S. The lowest BCUT2D eigenvalue weighted by Crippen LogP contribution is -2.04. The molecule has 2 N–H and O–H groups in total. The van der Waals surface area contributed by atoms with E-state index in [1.54, 1.807) is 17.5 Å². The highest BCUT2D eigenvalue weighted by molar-refractivity contribution is 7.11. The summed E-state index contributed by atoms with van der Waals surface area (Å²) in [5, 5.41) is 2.09. The highest BCUT2D eigenvalue weighted by Gasteiger charge is 2.13.